The van der Waals surface area contributed by atoms with E-state index >= 15 is 0 Å². The number of hydrogen-bond donors (Lipinski definition) is 4. The molecule has 0 saturated heterocycles. The number of sulfonamides is 1. The fourth-order valence-corrected chi connectivity index (χ4v) is 2.81. The Balaban J connectivity index is 1.70. The molecule has 9 nitrogen and oxygen atoms in total. The van der Waals surface area contributed by atoms with Gasteiger partial charge in [0.1, 0.15) is 5.75 Å². The number of anilines is 3. The summed E-state index contributed by atoms with van der Waals surface area (Å²) in [7, 11) is -3.73. The molecule has 0 spiro atoms. The van der Waals surface area contributed by atoms with Gasteiger partial charge in [0.15, 0.2) is 0 Å². The highest BCUT2D eigenvalue weighted by atomic mass is 35.5. The van der Waals surface area contributed by atoms with Crippen molar-refractivity contribution in [1.29, 1.82) is 0 Å². The summed E-state index contributed by atoms with van der Waals surface area (Å²) in [6.45, 7) is 0.337. The van der Waals surface area contributed by atoms with Gasteiger partial charge in [-0.1, -0.05) is 12.1 Å². The Morgan fingerprint density at radius 3 is 2.22 bits per heavy atom. The normalized spacial score (nSPS) is 11.2. The molecule has 0 aliphatic rings. The second-order valence-electron chi connectivity index (χ2n) is 5.47. The van der Waals surface area contributed by atoms with E-state index in [1.165, 1.54) is 24.3 Å². The predicted molar refractivity (Wildman–Crippen MR) is 101 cm³/mol. The molecule has 0 aliphatic carbocycles. The van der Waals surface area contributed by atoms with Crippen LogP contribution in [0.15, 0.2) is 53.4 Å². The summed E-state index contributed by atoms with van der Waals surface area (Å²) in [6.07, 6.45) is 0. The third-order valence-electron chi connectivity index (χ3n) is 3.43. The lowest BCUT2D eigenvalue weighted by atomic mass is 10.2. The van der Waals surface area contributed by atoms with Gasteiger partial charge in [-0.2, -0.15) is 15.0 Å². The summed E-state index contributed by atoms with van der Waals surface area (Å²) in [6, 6.07) is 12.5. The zero-order valence-electron chi connectivity index (χ0n) is 13.8. The van der Waals surface area contributed by atoms with Crippen LogP contribution in [0.25, 0.3) is 0 Å². The molecule has 11 heteroatoms. The summed E-state index contributed by atoms with van der Waals surface area (Å²) in [5.74, 6) is 0.615. The zero-order chi connectivity index (χ0) is 19.4. The number of phenols is 1. The molecule has 3 rings (SSSR count). The average molecular weight is 407 g/mol. The van der Waals surface area contributed by atoms with Gasteiger partial charge in [0.05, 0.1) is 4.90 Å². The predicted octanol–water partition coefficient (Wildman–Crippen LogP) is 2.23. The van der Waals surface area contributed by atoms with E-state index in [1.54, 1.807) is 24.3 Å². The van der Waals surface area contributed by atoms with Crippen molar-refractivity contribution in [3.8, 4) is 5.75 Å². The first-order valence-electron chi connectivity index (χ1n) is 7.63. The number of primary sulfonamides is 1. The molecule has 0 amide bonds. The average Bonchev–Trinajstić information content (AvgIpc) is 2.61. The Labute approximate surface area is 160 Å². The van der Waals surface area contributed by atoms with Crippen LogP contribution < -0.4 is 15.8 Å². The van der Waals surface area contributed by atoms with Gasteiger partial charge in [-0.05, 0) is 53.6 Å². The highest BCUT2D eigenvalue weighted by molar-refractivity contribution is 7.89. The van der Waals surface area contributed by atoms with Crippen molar-refractivity contribution < 1.29 is 13.5 Å². The van der Waals surface area contributed by atoms with Crippen LogP contribution in [0.1, 0.15) is 5.56 Å². The Kier molecular flexibility index (Phi) is 5.40. The van der Waals surface area contributed by atoms with E-state index in [0.717, 1.165) is 5.56 Å². The minimum Gasteiger partial charge on any atom is -0.508 e. The molecular formula is C16H15ClN6O3S. The second kappa shape index (κ2) is 7.74. The number of nitrogens with one attached hydrogen (secondary N) is 2. The minimum absolute atomic E-state index is 0.00153. The molecule has 3 aromatic rings. The van der Waals surface area contributed by atoms with Gasteiger partial charge in [-0.25, -0.2) is 13.6 Å². The first-order chi connectivity index (χ1) is 12.8. The number of benzene rings is 2. The first kappa shape index (κ1) is 18.8. The van der Waals surface area contributed by atoms with Gasteiger partial charge < -0.3 is 15.7 Å². The van der Waals surface area contributed by atoms with Crippen LogP contribution in [0.4, 0.5) is 17.6 Å². The summed E-state index contributed by atoms with van der Waals surface area (Å²) < 4.78 is 22.5. The van der Waals surface area contributed by atoms with Gasteiger partial charge in [0, 0.05) is 12.2 Å². The molecule has 1 aromatic heterocycles. The highest BCUT2D eigenvalue weighted by Gasteiger charge is 2.08. The molecule has 140 valence electrons. The van der Waals surface area contributed by atoms with Crippen molar-refractivity contribution >= 4 is 39.2 Å². The van der Waals surface area contributed by atoms with Gasteiger partial charge in [0.2, 0.25) is 27.2 Å². The van der Waals surface area contributed by atoms with E-state index in [-0.39, 0.29) is 27.8 Å². The monoisotopic (exact) mass is 406 g/mol. The standard InChI is InChI=1S/C16H15ClN6O3S/c17-14-21-15(19-9-10-1-7-13(8-2-10)27(18,25)26)23-16(22-14)20-11-3-5-12(24)6-4-11/h1-8,24H,9H2,(H2,18,25,26)(H2,19,20,21,22,23). The number of rotatable bonds is 6. The summed E-state index contributed by atoms with van der Waals surface area (Å²) in [4.78, 5) is 12.2. The summed E-state index contributed by atoms with van der Waals surface area (Å²) >= 11 is 5.93. The zero-order valence-corrected chi connectivity index (χ0v) is 15.4. The fraction of sp³-hybridized carbons (Fsp3) is 0.0625. The van der Waals surface area contributed by atoms with E-state index in [1.807, 2.05) is 0 Å². The lowest BCUT2D eigenvalue weighted by Crippen LogP contribution is -2.12. The Morgan fingerprint density at radius 2 is 1.59 bits per heavy atom. The SMILES string of the molecule is NS(=O)(=O)c1ccc(CNc2nc(Cl)nc(Nc3ccc(O)cc3)n2)cc1. The van der Waals surface area contributed by atoms with Crippen molar-refractivity contribution in [2.24, 2.45) is 5.14 Å². The molecule has 0 unspecified atom stereocenters. The molecule has 0 aliphatic heterocycles. The quantitative estimate of drug-likeness (QED) is 0.456. The summed E-state index contributed by atoms with van der Waals surface area (Å²) in [5.41, 5.74) is 1.46. The van der Waals surface area contributed by atoms with Crippen LogP contribution in [0.2, 0.25) is 5.28 Å². The van der Waals surface area contributed by atoms with Crippen LogP contribution in [-0.2, 0) is 16.6 Å². The molecule has 2 aromatic carbocycles. The molecular weight excluding hydrogens is 392 g/mol. The number of nitrogens with two attached hydrogens (primary N) is 1. The molecule has 0 fully saturated rings. The number of aromatic hydroxyl groups is 1. The van der Waals surface area contributed by atoms with Crippen LogP contribution in [-0.4, -0.2) is 28.5 Å². The maximum atomic E-state index is 11.3. The molecule has 1 heterocycles. The Hall–Kier alpha value is -2.95. The summed E-state index contributed by atoms with van der Waals surface area (Å²) in [5, 5.41) is 20.3. The Morgan fingerprint density at radius 1 is 0.963 bits per heavy atom. The van der Waals surface area contributed by atoms with Crippen molar-refractivity contribution in [3.63, 3.8) is 0 Å². The smallest absolute Gasteiger partial charge is 0.238 e. The van der Waals surface area contributed by atoms with E-state index in [9.17, 15) is 13.5 Å². The van der Waals surface area contributed by atoms with Crippen LogP contribution >= 0.6 is 11.6 Å². The maximum Gasteiger partial charge on any atom is 0.238 e. The van der Waals surface area contributed by atoms with Gasteiger partial charge in [0.25, 0.3) is 0 Å². The van der Waals surface area contributed by atoms with E-state index in [4.69, 9.17) is 16.7 Å². The number of halogens is 1. The number of hydrogen-bond acceptors (Lipinski definition) is 8. The van der Waals surface area contributed by atoms with Crippen molar-refractivity contribution in [2.75, 3.05) is 10.6 Å². The topological polar surface area (TPSA) is 143 Å². The van der Waals surface area contributed by atoms with Crippen LogP contribution in [0.3, 0.4) is 0 Å². The second-order valence-corrected chi connectivity index (χ2v) is 7.37. The third kappa shape index (κ3) is 5.26. The van der Waals surface area contributed by atoms with Gasteiger partial charge >= 0.3 is 0 Å². The molecule has 0 atom stereocenters. The van der Waals surface area contributed by atoms with E-state index < -0.39 is 10.0 Å². The van der Waals surface area contributed by atoms with E-state index in [0.29, 0.717) is 12.2 Å². The minimum atomic E-state index is -3.73. The lowest BCUT2D eigenvalue weighted by molar-refractivity contribution is 0.475. The largest absolute Gasteiger partial charge is 0.508 e. The highest BCUT2D eigenvalue weighted by Crippen LogP contribution is 2.19. The molecule has 5 N–H and O–H groups in total. The van der Waals surface area contributed by atoms with Crippen LogP contribution in [0, 0.1) is 0 Å². The van der Waals surface area contributed by atoms with E-state index in [2.05, 4.69) is 25.6 Å². The van der Waals surface area contributed by atoms with Gasteiger partial charge in [-0.15, -0.1) is 0 Å². The van der Waals surface area contributed by atoms with Gasteiger partial charge in [-0.3, -0.25) is 0 Å². The maximum absolute atomic E-state index is 11.3. The number of nitrogens with zero attached hydrogens (tertiary/aromatic N) is 3. The number of phenolic OH excluding ortho intramolecular Hbond substituents is 1. The van der Waals surface area contributed by atoms with Crippen LogP contribution in [0.5, 0.6) is 5.75 Å². The lowest BCUT2D eigenvalue weighted by Gasteiger charge is -2.09. The molecule has 0 saturated carbocycles. The number of aromatic nitrogens is 3. The molecule has 0 bridgehead atoms. The third-order valence-corrected chi connectivity index (χ3v) is 4.53. The Bertz CT molecular complexity index is 1040. The fourth-order valence-electron chi connectivity index (χ4n) is 2.14. The molecule has 0 radical (unpaired) electrons. The molecule has 27 heavy (non-hydrogen) atoms. The van der Waals surface area contributed by atoms with Crippen molar-refractivity contribution in [3.05, 3.63) is 59.4 Å². The first-order valence-corrected chi connectivity index (χ1v) is 9.55. The van der Waals surface area contributed by atoms with Crippen molar-refractivity contribution in [2.45, 2.75) is 11.4 Å². The van der Waals surface area contributed by atoms with Crippen molar-refractivity contribution in [1.82, 2.24) is 15.0 Å².